The molecule has 2 aromatic rings. The quantitative estimate of drug-likeness (QED) is 0.754. The molecular formula is C8H7BrN4O. The van der Waals surface area contributed by atoms with Gasteiger partial charge in [0, 0.05) is 17.7 Å². The van der Waals surface area contributed by atoms with Crippen LogP contribution in [-0.2, 0) is 7.05 Å². The van der Waals surface area contributed by atoms with E-state index in [1.165, 1.54) is 15.6 Å². The summed E-state index contributed by atoms with van der Waals surface area (Å²) in [6.07, 6.45) is 3.08. The van der Waals surface area contributed by atoms with Gasteiger partial charge in [-0.3, -0.25) is 0 Å². The predicted octanol–water partition coefficient (Wildman–Crippen LogP) is 0.729. The van der Waals surface area contributed by atoms with Crippen molar-refractivity contribution in [2.45, 2.75) is 0 Å². The zero-order valence-corrected chi connectivity index (χ0v) is 8.97. The second-order valence-corrected chi connectivity index (χ2v) is 3.66. The van der Waals surface area contributed by atoms with Crippen molar-refractivity contribution in [1.29, 1.82) is 0 Å². The van der Waals surface area contributed by atoms with Gasteiger partial charge in [-0.05, 0) is 28.1 Å². The van der Waals surface area contributed by atoms with Crippen molar-refractivity contribution >= 4 is 15.9 Å². The molecule has 0 bridgehead atoms. The van der Waals surface area contributed by atoms with Crippen molar-refractivity contribution in [2.75, 3.05) is 0 Å². The third-order valence-corrected chi connectivity index (χ3v) is 2.25. The zero-order chi connectivity index (χ0) is 10.1. The van der Waals surface area contributed by atoms with Crippen LogP contribution in [0.25, 0.3) is 5.82 Å². The molecule has 0 N–H and O–H groups in total. The van der Waals surface area contributed by atoms with E-state index < -0.39 is 0 Å². The fourth-order valence-electron chi connectivity index (χ4n) is 1.05. The van der Waals surface area contributed by atoms with Crippen LogP contribution >= 0.6 is 15.9 Å². The highest BCUT2D eigenvalue weighted by atomic mass is 79.9. The molecule has 0 spiro atoms. The van der Waals surface area contributed by atoms with Crippen LogP contribution in [0.4, 0.5) is 0 Å². The monoisotopic (exact) mass is 254 g/mol. The lowest BCUT2D eigenvalue weighted by molar-refractivity contribution is 0.724. The lowest BCUT2D eigenvalue weighted by Crippen LogP contribution is -2.21. The first-order valence-electron chi connectivity index (χ1n) is 3.91. The van der Waals surface area contributed by atoms with Gasteiger partial charge in [-0.1, -0.05) is 0 Å². The van der Waals surface area contributed by atoms with Crippen molar-refractivity contribution < 1.29 is 0 Å². The Hall–Kier alpha value is -1.43. The van der Waals surface area contributed by atoms with Gasteiger partial charge in [-0.15, -0.1) is 0 Å². The lowest BCUT2D eigenvalue weighted by Gasteiger charge is -1.97. The number of halogens is 1. The van der Waals surface area contributed by atoms with E-state index >= 15 is 0 Å². The van der Waals surface area contributed by atoms with Crippen LogP contribution in [0.15, 0.2) is 33.9 Å². The normalized spacial score (nSPS) is 10.4. The molecule has 0 atom stereocenters. The van der Waals surface area contributed by atoms with E-state index in [1.807, 2.05) is 6.07 Å². The van der Waals surface area contributed by atoms with Crippen LogP contribution in [0.1, 0.15) is 0 Å². The van der Waals surface area contributed by atoms with E-state index in [4.69, 9.17) is 0 Å². The van der Waals surface area contributed by atoms with E-state index in [9.17, 15) is 4.79 Å². The summed E-state index contributed by atoms with van der Waals surface area (Å²) >= 11 is 3.27. The summed E-state index contributed by atoms with van der Waals surface area (Å²) in [5, 5.41) is 3.83. The molecule has 14 heavy (non-hydrogen) atoms. The molecule has 0 aromatic carbocycles. The third-order valence-electron chi connectivity index (χ3n) is 1.78. The van der Waals surface area contributed by atoms with Crippen LogP contribution < -0.4 is 5.69 Å². The molecule has 2 rings (SSSR count). The molecule has 6 heteroatoms. The first-order valence-corrected chi connectivity index (χ1v) is 4.70. The van der Waals surface area contributed by atoms with Gasteiger partial charge >= 0.3 is 5.69 Å². The molecular weight excluding hydrogens is 248 g/mol. The second-order valence-electron chi connectivity index (χ2n) is 2.74. The largest absolute Gasteiger partial charge is 0.351 e. The highest BCUT2D eigenvalue weighted by Crippen LogP contribution is 2.08. The predicted molar refractivity (Wildman–Crippen MR) is 54.3 cm³/mol. The van der Waals surface area contributed by atoms with Gasteiger partial charge in [0.05, 0.1) is 0 Å². The van der Waals surface area contributed by atoms with E-state index in [2.05, 4.69) is 26.0 Å². The molecule has 0 aliphatic rings. The minimum absolute atomic E-state index is 0.208. The summed E-state index contributed by atoms with van der Waals surface area (Å²) in [5.41, 5.74) is -0.208. The molecule has 0 radical (unpaired) electrons. The summed E-state index contributed by atoms with van der Waals surface area (Å²) < 4.78 is 3.51. The Kier molecular flexibility index (Phi) is 2.20. The number of aryl methyl sites for hydroxylation is 1. The maximum Gasteiger partial charge on any atom is 0.351 e. The van der Waals surface area contributed by atoms with E-state index in [1.54, 1.807) is 19.3 Å². The maximum atomic E-state index is 11.5. The van der Waals surface area contributed by atoms with Gasteiger partial charge in [0.1, 0.15) is 12.1 Å². The summed E-state index contributed by atoms with van der Waals surface area (Å²) in [7, 11) is 1.59. The number of hydrogen-bond donors (Lipinski definition) is 0. The molecule has 72 valence electrons. The summed E-state index contributed by atoms with van der Waals surface area (Å²) in [5.74, 6) is 0.561. The molecule has 0 aliphatic heterocycles. The molecule has 5 nitrogen and oxygen atoms in total. The number of aromatic nitrogens is 4. The lowest BCUT2D eigenvalue weighted by atomic mass is 10.5. The van der Waals surface area contributed by atoms with Gasteiger partial charge in [0.15, 0.2) is 0 Å². The molecule has 2 heterocycles. The van der Waals surface area contributed by atoms with E-state index in [-0.39, 0.29) is 5.69 Å². The summed E-state index contributed by atoms with van der Waals surface area (Å²) in [4.78, 5) is 15.6. The standard InChI is InChI=1S/C8H7BrN4O/c1-12-8(14)13(5-11-12)7-3-2-6(9)4-10-7/h2-5H,1H3. The molecule has 0 amide bonds. The first kappa shape index (κ1) is 9.14. The number of nitrogens with zero attached hydrogens (tertiary/aromatic N) is 4. The Morgan fingerprint density at radius 2 is 2.21 bits per heavy atom. The Bertz CT molecular complexity index is 499. The van der Waals surface area contributed by atoms with E-state index in [0.717, 1.165) is 4.47 Å². The molecule has 0 saturated carbocycles. The maximum absolute atomic E-state index is 11.5. The van der Waals surface area contributed by atoms with Crippen molar-refractivity contribution in [1.82, 2.24) is 19.3 Å². The minimum Gasteiger partial charge on any atom is -0.246 e. The van der Waals surface area contributed by atoms with Gasteiger partial charge < -0.3 is 0 Å². The van der Waals surface area contributed by atoms with Crippen LogP contribution in [0.2, 0.25) is 0 Å². The summed E-state index contributed by atoms with van der Waals surface area (Å²) in [6, 6.07) is 3.56. The van der Waals surface area contributed by atoms with Crippen LogP contribution in [0.3, 0.4) is 0 Å². The first-order chi connectivity index (χ1) is 6.68. The Balaban J connectivity index is 2.55. The Morgan fingerprint density at radius 3 is 2.71 bits per heavy atom. The Morgan fingerprint density at radius 1 is 1.43 bits per heavy atom. The summed E-state index contributed by atoms with van der Waals surface area (Å²) in [6.45, 7) is 0. The SMILES string of the molecule is Cn1ncn(-c2ccc(Br)cn2)c1=O. The van der Waals surface area contributed by atoms with Crippen molar-refractivity contribution in [3.8, 4) is 5.82 Å². The second kappa shape index (κ2) is 3.38. The molecule has 0 fully saturated rings. The topological polar surface area (TPSA) is 52.7 Å². The van der Waals surface area contributed by atoms with Crippen LogP contribution in [0, 0.1) is 0 Å². The van der Waals surface area contributed by atoms with Crippen molar-refractivity contribution in [3.63, 3.8) is 0 Å². The van der Waals surface area contributed by atoms with Crippen LogP contribution in [0.5, 0.6) is 0 Å². The number of rotatable bonds is 1. The molecule has 0 aliphatic carbocycles. The number of pyridine rings is 1. The average Bonchev–Trinajstić information content (AvgIpc) is 2.50. The Labute approximate surface area is 88.1 Å². The molecule has 2 aromatic heterocycles. The van der Waals surface area contributed by atoms with Gasteiger partial charge in [0.2, 0.25) is 0 Å². The fraction of sp³-hybridized carbons (Fsp3) is 0.125. The van der Waals surface area contributed by atoms with Crippen molar-refractivity contribution in [2.24, 2.45) is 7.05 Å². The molecule has 0 unspecified atom stereocenters. The minimum atomic E-state index is -0.208. The zero-order valence-electron chi connectivity index (χ0n) is 7.38. The fourth-order valence-corrected chi connectivity index (χ4v) is 1.29. The highest BCUT2D eigenvalue weighted by molar-refractivity contribution is 9.10. The van der Waals surface area contributed by atoms with Crippen LogP contribution in [-0.4, -0.2) is 19.3 Å². The highest BCUT2D eigenvalue weighted by Gasteiger charge is 2.03. The number of hydrogen-bond acceptors (Lipinski definition) is 3. The van der Waals surface area contributed by atoms with Gasteiger partial charge in [-0.25, -0.2) is 19.0 Å². The van der Waals surface area contributed by atoms with Gasteiger partial charge in [0.25, 0.3) is 0 Å². The van der Waals surface area contributed by atoms with E-state index in [0.29, 0.717) is 5.82 Å². The third kappa shape index (κ3) is 1.48. The van der Waals surface area contributed by atoms with Crippen molar-refractivity contribution in [3.05, 3.63) is 39.6 Å². The molecule has 0 saturated heterocycles. The average molecular weight is 255 g/mol. The van der Waals surface area contributed by atoms with Gasteiger partial charge in [-0.2, -0.15) is 5.10 Å². The smallest absolute Gasteiger partial charge is 0.246 e.